The van der Waals surface area contributed by atoms with E-state index in [9.17, 15) is 4.79 Å². The van der Waals surface area contributed by atoms with Gasteiger partial charge in [0.05, 0.1) is 31.1 Å². The summed E-state index contributed by atoms with van der Waals surface area (Å²) in [5.41, 5.74) is 8.30. The number of morpholine rings is 1. The van der Waals surface area contributed by atoms with E-state index in [-0.39, 0.29) is 0 Å². The van der Waals surface area contributed by atoms with Crippen LogP contribution in [0.1, 0.15) is 29.6 Å². The van der Waals surface area contributed by atoms with Gasteiger partial charge in [-0.3, -0.25) is 9.69 Å². The Bertz CT molecular complexity index is 1240. The number of carbonyl (C=O) groups excluding carboxylic acids is 1. The molecule has 4 heterocycles. The van der Waals surface area contributed by atoms with E-state index in [0.717, 1.165) is 76.5 Å². The van der Waals surface area contributed by atoms with Crippen molar-refractivity contribution in [3.63, 3.8) is 0 Å². The zero-order valence-electron chi connectivity index (χ0n) is 20.9. The highest BCUT2D eigenvalue weighted by atomic mass is 16.5. The summed E-state index contributed by atoms with van der Waals surface area (Å²) in [5, 5.41) is 3.38. The molecule has 5 rings (SSSR count). The van der Waals surface area contributed by atoms with Crippen LogP contribution in [0.15, 0.2) is 41.7 Å². The number of aliphatic imine (C=N–C) groups is 1. The average Bonchev–Trinajstić information content (AvgIpc) is 2.95. The standard InChI is InChI=1S/C27H33N7O3/c28-26(35)22-15-23(20-4-6-21(7-5-20)37-12-2-9-34-10-13-36-14-11-34)33-25-24(22)31-18-32-27(25)30-17-19-3-1-8-29-16-19/h4-7,15,17-19,29H,1-3,8-14,16H2,(H2,28,35). The van der Waals surface area contributed by atoms with Crippen molar-refractivity contribution in [2.24, 2.45) is 16.6 Å². The molecule has 3 N–H and O–H groups in total. The third-order valence-corrected chi connectivity index (χ3v) is 6.72. The number of piperidine rings is 1. The third kappa shape index (κ3) is 6.46. The first-order chi connectivity index (χ1) is 18.2. The van der Waals surface area contributed by atoms with Crippen LogP contribution in [0, 0.1) is 5.92 Å². The molecule has 1 unspecified atom stereocenters. The highest BCUT2D eigenvalue weighted by Gasteiger charge is 2.17. The summed E-state index contributed by atoms with van der Waals surface area (Å²) in [6.45, 7) is 7.15. The summed E-state index contributed by atoms with van der Waals surface area (Å²) >= 11 is 0. The average molecular weight is 504 g/mol. The van der Waals surface area contributed by atoms with Gasteiger partial charge in [0.1, 0.15) is 23.1 Å². The van der Waals surface area contributed by atoms with Crippen LogP contribution in [0.5, 0.6) is 5.75 Å². The number of hydrogen-bond acceptors (Lipinski definition) is 9. The molecule has 1 atom stereocenters. The van der Waals surface area contributed by atoms with E-state index in [2.05, 4.69) is 25.2 Å². The van der Waals surface area contributed by atoms with Crippen molar-refractivity contribution in [2.45, 2.75) is 19.3 Å². The molecule has 2 saturated heterocycles. The lowest BCUT2D eigenvalue weighted by Gasteiger charge is -2.26. The van der Waals surface area contributed by atoms with Crippen LogP contribution in [0.2, 0.25) is 0 Å². The Hall–Kier alpha value is -3.47. The number of aromatic nitrogens is 3. The number of primary amides is 1. The summed E-state index contributed by atoms with van der Waals surface area (Å²) in [4.78, 5) is 32.7. The van der Waals surface area contributed by atoms with Gasteiger partial charge in [0.25, 0.3) is 5.91 Å². The summed E-state index contributed by atoms with van der Waals surface area (Å²) < 4.78 is 11.3. The van der Waals surface area contributed by atoms with Gasteiger partial charge in [0.2, 0.25) is 0 Å². The fourth-order valence-corrected chi connectivity index (χ4v) is 4.66. The van der Waals surface area contributed by atoms with E-state index < -0.39 is 5.91 Å². The molecule has 2 aliphatic rings. The van der Waals surface area contributed by atoms with Crippen LogP contribution in [0.3, 0.4) is 0 Å². The van der Waals surface area contributed by atoms with Crippen LogP contribution in [-0.4, -0.2) is 84.5 Å². The van der Waals surface area contributed by atoms with Gasteiger partial charge in [-0.2, -0.15) is 0 Å². The number of nitrogens with one attached hydrogen (secondary N) is 1. The van der Waals surface area contributed by atoms with Crippen LogP contribution in [-0.2, 0) is 4.74 Å². The maximum absolute atomic E-state index is 12.3. The topological polar surface area (TPSA) is 128 Å². The Labute approximate surface area is 216 Å². The number of fused-ring (bicyclic) bond motifs is 1. The molecule has 1 amide bonds. The van der Waals surface area contributed by atoms with Gasteiger partial charge in [0.15, 0.2) is 5.82 Å². The van der Waals surface area contributed by atoms with Crippen LogP contribution in [0.4, 0.5) is 5.82 Å². The summed E-state index contributed by atoms with van der Waals surface area (Å²) in [6.07, 6.45) is 6.45. The molecule has 0 radical (unpaired) electrons. The second-order valence-electron chi connectivity index (χ2n) is 9.38. The zero-order chi connectivity index (χ0) is 25.5. The molecular weight excluding hydrogens is 470 g/mol. The summed E-state index contributed by atoms with van der Waals surface area (Å²) in [6, 6.07) is 9.36. The maximum atomic E-state index is 12.3. The monoisotopic (exact) mass is 503 g/mol. The molecule has 0 bridgehead atoms. The van der Waals surface area contributed by atoms with E-state index in [1.807, 2.05) is 30.5 Å². The first-order valence-corrected chi connectivity index (χ1v) is 12.9. The molecule has 194 valence electrons. The minimum atomic E-state index is -0.570. The molecule has 2 aliphatic heterocycles. The van der Waals surface area contributed by atoms with E-state index in [1.54, 1.807) is 6.07 Å². The molecule has 0 aliphatic carbocycles. The number of pyridine rings is 1. The van der Waals surface area contributed by atoms with Gasteiger partial charge < -0.3 is 20.5 Å². The lowest BCUT2D eigenvalue weighted by molar-refractivity contribution is 0.0358. The van der Waals surface area contributed by atoms with Gasteiger partial charge in [-0.15, -0.1) is 0 Å². The molecule has 0 saturated carbocycles. The lowest BCUT2D eigenvalue weighted by atomic mass is 10.0. The van der Waals surface area contributed by atoms with Gasteiger partial charge in [-0.25, -0.2) is 19.9 Å². The van der Waals surface area contributed by atoms with E-state index in [0.29, 0.717) is 40.6 Å². The Kier molecular flexibility index (Phi) is 8.29. The SMILES string of the molecule is NC(=O)c1cc(-c2ccc(OCCCN3CCOCC3)cc2)nc2c(N=CC3CCCNC3)ncnc12. The van der Waals surface area contributed by atoms with E-state index >= 15 is 0 Å². The van der Waals surface area contributed by atoms with Gasteiger partial charge in [-0.1, -0.05) is 0 Å². The molecule has 10 heteroatoms. The second-order valence-corrected chi connectivity index (χ2v) is 9.38. The second kappa shape index (κ2) is 12.2. The van der Waals surface area contributed by atoms with Gasteiger partial charge >= 0.3 is 0 Å². The van der Waals surface area contributed by atoms with Gasteiger partial charge in [0, 0.05) is 43.9 Å². The predicted molar refractivity (Wildman–Crippen MR) is 142 cm³/mol. The molecular formula is C27H33N7O3. The molecule has 2 fully saturated rings. The van der Waals surface area contributed by atoms with Crippen molar-refractivity contribution in [1.82, 2.24) is 25.2 Å². The maximum Gasteiger partial charge on any atom is 0.251 e. The third-order valence-electron chi connectivity index (χ3n) is 6.72. The predicted octanol–water partition coefficient (Wildman–Crippen LogP) is 2.59. The number of amides is 1. The lowest BCUT2D eigenvalue weighted by Crippen LogP contribution is -2.37. The molecule has 1 aromatic carbocycles. The Morgan fingerprint density at radius 2 is 2.05 bits per heavy atom. The molecule has 0 spiro atoms. The van der Waals surface area contributed by atoms with Crippen molar-refractivity contribution >= 4 is 29.0 Å². The quantitative estimate of drug-likeness (QED) is 0.337. The number of ether oxygens (including phenoxy) is 2. The zero-order valence-corrected chi connectivity index (χ0v) is 20.9. The molecule has 2 aromatic heterocycles. The molecule has 10 nitrogen and oxygen atoms in total. The number of benzene rings is 1. The normalized spacial score (nSPS) is 18.9. The van der Waals surface area contributed by atoms with Crippen LogP contribution >= 0.6 is 0 Å². The number of nitrogens with two attached hydrogens (primary N) is 1. The largest absolute Gasteiger partial charge is 0.494 e. The Balaban J connectivity index is 1.32. The van der Waals surface area contributed by atoms with Crippen LogP contribution in [0.25, 0.3) is 22.3 Å². The van der Waals surface area contributed by atoms with Crippen molar-refractivity contribution in [2.75, 3.05) is 52.5 Å². The number of rotatable bonds is 9. The Morgan fingerprint density at radius 1 is 1.22 bits per heavy atom. The fourth-order valence-electron chi connectivity index (χ4n) is 4.66. The summed E-state index contributed by atoms with van der Waals surface area (Å²) in [7, 11) is 0. The Morgan fingerprint density at radius 3 is 2.81 bits per heavy atom. The molecule has 3 aromatic rings. The minimum absolute atomic E-state index is 0.293. The smallest absolute Gasteiger partial charge is 0.251 e. The van der Waals surface area contributed by atoms with E-state index in [1.165, 1.54) is 6.33 Å². The highest BCUT2D eigenvalue weighted by Crippen LogP contribution is 2.29. The van der Waals surface area contributed by atoms with Crippen molar-refractivity contribution in [1.29, 1.82) is 0 Å². The van der Waals surface area contributed by atoms with Crippen molar-refractivity contribution in [3.8, 4) is 17.0 Å². The number of hydrogen-bond donors (Lipinski definition) is 2. The number of nitrogens with zero attached hydrogens (tertiary/aromatic N) is 5. The summed E-state index contributed by atoms with van der Waals surface area (Å²) in [5.74, 6) is 0.981. The highest BCUT2D eigenvalue weighted by molar-refractivity contribution is 6.06. The van der Waals surface area contributed by atoms with Crippen LogP contribution < -0.4 is 15.8 Å². The minimum Gasteiger partial charge on any atom is -0.494 e. The first kappa shape index (κ1) is 25.2. The van der Waals surface area contributed by atoms with Gasteiger partial charge in [-0.05, 0) is 56.1 Å². The first-order valence-electron chi connectivity index (χ1n) is 12.9. The number of carbonyl (C=O) groups is 1. The fraction of sp³-hybridized carbons (Fsp3) is 0.444. The molecule has 37 heavy (non-hydrogen) atoms. The van der Waals surface area contributed by atoms with Crippen molar-refractivity contribution in [3.05, 3.63) is 42.2 Å². The van der Waals surface area contributed by atoms with E-state index in [4.69, 9.17) is 20.2 Å². The van der Waals surface area contributed by atoms with Crippen molar-refractivity contribution < 1.29 is 14.3 Å².